The summed E-state index contributed by atoms with van der Waals surface area (Å²) in [6.07, 6.45) is -1.28. The minimum Gasteiger partial charge on any atom is -0.412 e. The predicted molar refractivity (Wildman–Crippen MR) is 125 cm³/mol. The highest BCUT2D eigenvalue weighted by molar-refractivity contribution is 6.71. The van der Waals surface area contributed by atoms with Crippen molar-refractivity contribution in [3.8, 4) is 0 Å². The van der Waals surface area contributed by atoms with Crippen molar-refractivity contribution in [3.63, 3.8) is 0 Å². The molecular weight excluding hydrogens is 425 g/mol. The maximum atomic E-state index is 11.5. The van der Waals surface area contributed by atoms with Crippen molar-refractivity contribution in [2.75, 3.05) is 13.2 Å². The number of hydrogen-bond acceptors (Lipinski definition) is 6. The Morgan fingerprint density at radius 2 is 1.21 bits per heavy atom. The van der Waals surface area contributed by atoms with Gasteiger partial charge in [0.25, 0.3) is 0 Å². The largest absolute Gasteiger partial charge is 0.412 e. The van der Waals surface area contributed by atoms with Crippen molar-refractivity contribution >= 4 is 33.3 Å². The zero-order valence-electron chi connectivity index (χ0n) is 20.1. The molecule has 0 aromatic rings. The summed E-state index contributed by atoms with van der Waals surface area (Å²) in [5, 5.41) is 11.5. The van der Waals surface area contributed by atoms with E-state index in [1.165, 1.54) is 0 Å². The zero-order chi connectivity index (χ0) is 22.2. The highest BCUT2D eigenvalue weighted by atomic mass is 28.4. The van der Waals surface area contributed by atoms with Gasteiger partial charge in [0.2, 0.25) is 5.79 Å². The van der Waals surface area contributed by atoms with Gasteiger partial charge in [-0.1, -0.05) is 0 Å². The molecule has 4 atom stereocenters. The van der Waals surface area contributed by atoms with Crippen LogP contribution in [0.4, 0.5) is 0 Å². The lowest BCUT2D eigenvalue weighted by molar-refractivity contribution is -0.320. The van der Waals surface area contributed by atoms with Crippen molar-refractivity contribution in [3.05, 3.63) is 0 Å². The monoisotopic (exact) mass is 468 g/mol. The van der Waals surface area contributed by atoms with Crippen molar-refractivity contribution in [1.29, 1.82) is 0 Å². The number of ether oxygens (including phenoxy) is 1. The molecule has 168 valence electrons. The topological polar surface area (TPSA) is 66.4 Å². The van der Waals surface area contributed by atoms with E-state index in [2.05, 4.69) is 78.6 Å². The van der Waals surface area contributed by atoms with Crippen LogP contribution < -0.4 is 0 Å². The van der Waals surface area contributed by atoms with Gasteiger partial charge in [-0.3, -0.25) is 0 Å². The third-order valence-electron chi connectivity index (χ3n) is 3.79. The van der Waals surface area contributed by atoms with Crippen LogP contribution in [0.5, 0.6) is 0 Å². The van der Waals surface area contributed by atoms with Gasteiger partial charge in [-0.2, -0.15) is 0 Å². The zero-order valence-corrected chi connectivity index (χ0v) is 24.1. The first-order valence-electron chi connectivity index (χ1n) is 10.2. The molecule has 0 aromatic heterocycles. The van der Waals surface area contributed by atoms with Crippen LogP contribution in [-0.2, 0) is 22.4 Å². The Balaban J connectivity index is 3.29. The maximum Gasteiger partial charge on any atom is 0.216 e. The van der Waals surface area contributed by atoms with Crippen molar-refractivity contribution in [2.45, 2.75) is 103 Å². The van der Waals surface area contributed by atoms with Crippen LogP contribution in [0.1, 0.15) is 0 Å². The highest BCUT2D eigenvalue weighted by Crippen LogP contribution is 2.35. The maximum absolute atomic E-state index is 11.5. The summed E-state index contributed by atoms with van der Waals surface area (Å²) >= 11 is 0. The molecule has 1 fully saturated rings. The van der Waals surface area contributed by atoms with Crippen LogP contribution in [0.25, 0.3) is 0 Å². The van der Waals surface area contributed by atoms with E-state index in [9.17, 15) is 5.11 Å². The van der Waals surface area contributed by atoms with E-state index in [4.69, 9.17) is 22.4 Å². The molecule has 0 amide bonds. The second-order valence-electron chi connectivity index (χ2n) is 11.7. The van der Waals surface area contributed by atoms with Gasteiger partial charge in [0.1, 0.15) is 12.2 Å². The van der Waals surface area contributed by atoms with Crippen molar-refractivity contribution < 1.29 is 27.5 Å². The Kier molecular flexibility index (Phi) is 8.58. The lowest BCUT2D eigenvalue weighted by Gasteiger charge is -2.51. The molecule has 1 unspecified atom stereocenters. The molecule has 1 saturated heterocycles. The average Bonchev–Trinajstić information content (AvgIpc) is 2.40. The van der Waals surface area contributed by atoms with E-state index in [0.29, 0.717) is 0 Å². The molecule has 1 aliphatic rings. The van der Waals surface area contributed by atoms with Gasteiger partial charge in [0.05, 0.1) is 19.3 Å². The molecule has 0 bridgehead atoms. The number of hydrogen-bond donors (Lipinski definition) is 1. The van der Waals surface area contributed by atoms with Gasteiger partial charge in [-0.25, -0.2) is 0 Å². The Labute approximate surface area is 176 Å². The van der Waals surface area contributed by atoms with Gasteiger partial charge in [0.15, 0.2) is 33.3 Å². The predicted octanol–water partition coefficient (Wildman–Crippen LogP) is 4.22. The van der Waals surface area contributed by atoms with Crippen LogP contribution in [0.2, 0.25) is 78.6 Å². The van der Waals surface area contributed by atoms with Crippen molar-refractivity contribution in [2.24, 2.45) is 0 Å². The van der Waals surface area contributed by atoms with E-state index in [1.54, 1.807) is 0 Å². The van der Waals surface area contributed by atoms with Gasteiger partial charge in [-0.05, 0) is 78.6 Å². The second-order valence-corrected chi connectivity index (χ2v) is 29.6. The van der Waals surface area contributed by atoms with Crippen LogP contribution in [-0.4, -0.2) is 75.7 Å². The van der Waals surface area contributed by atoms with Gasteiger partial charge >= 0.3 is 0 Å². The van der Waals surface area contributed by atoms with Crippen LogP contribution in [0.15, 0.2) is 0 Å². The van der Waals surface area contributed by atoms with Gasteiger partial charge < -0.3 is 27.5 Å². The molecule has 0 aromatic carbocycles. The minimum atomic E-state index is -2.01. The molecule has 0 spiro atoms. The summed E-state index contributed by atoms with van der Waals surface area (Å²) in [7, 11) is -7.62. The number of rotatable bonds is 9. The molecule has 28 heavy (non-hydrogen) atoms. The molecule has 1 N–H and O–H groups in total. The summed E-state index contributed by atoms with van der Waals surface area (Å²) in [5.74, 6) is -1.54. The normalized spacial score (nSPS) is 30.5. The van der Waals surface area contributed by atoms with Gasteiger partial charge in [0, 0.05) is 0 Å². The van der Waals surface area contributed by atoms with Gasteiger partial charge in [-0.15, -0.1) is 0 Å². The second kappa shape index (κ2) is 9.01. The average molecular weight is 469 g/mol. The molecule has 1 rings (SSSR count). The van der Waals surface area contributed by atoms with Crippen LogP contribution >= 0.6 is 0 Å². The highest BCUT2D eigenvalue weighted by Gasteiger charge is 2.55. The minimum absolute atomic E-state index is 0.0864. The fraction of sp³-hybridized carbons (Fsp3) is 1.00. The lowest BCUT2D eigenvalue weighted by Crippen LogP contribution is -2.69. The smallest absolute Gasteiger partial charge is 0.216 e. The fourth-order valence-corrected chi connectivity index (χ4v) is 6.86. The first-order chi connectivity index (χ1) is 12.2. The first kappa shape index (κ1) is 26.7. The molecular formula is C18H44O6Si4. The quantitative estimate of drug-likeness (QED) is 0.511. The van der Waals surface area contributed by atoms with E-state index in [1.807, 2.05) is 0 Å². The summed E-state index contributed by atoms with van der Waals surface area (Å²) < 4.78 is 31.6. The lowest BCUT2D eigenvalue weighted by atomic mass is 9.97. The molecule has 6 nitrogen and oxygen atoms in total. The van der Waals surface area contributed by atoms with E-state index >= 15 is 0 Å². The fourth-order valence-electron chi connectivity index (χ4n) is 2.94. The molecule has 10 heteroatoms. The summed E-state index contributed by atoms with van der Waals surface area (Å²) in [5.41, 5.74) is 0. The third-order valence-corrected chi connectivity index (χ3v) is 7.75. The molecule has 0 saturated carbocycles. The first-order valence-corrected chi connectivity index (χ1v) is 23.9. The summed E-state index contributed by atoms with van der Waals surface area (Å²) in [6.45, 7) is 25.9. The molecule has 0 radical (unpaired) electrons. The van der Waals surface area contributed by atoms with E-state index in [0.717, 1.165) is 0 Å². The Hall–Kier alpha value is 0.628. The van der Waals surface area contributed by atoms with E-state index < -0.39 is 45.2 Å². The Bertz CT molecular complexity index is 506. The van der Waals surface area contributed by atoms with E-state index in [-0.39, 0.29) is 25.4 Å². The third kappa shape index (κ3) is 9.62. The summed E-state index contributed by atoms with van der Waals surface area (Å²) in [6, 6.07) is 0. The number of aliphatic hydroxyl groups is 1. The Morgan fingerprint density at radius 3 is 1.61 bits per heavy atom. The van der Waals surface area contributed by atoms with Crippen LogP contribution in [0.3, 0.4) is 0 Å². The standard InChI is InChI=1S/C18H44O6Si4/c1-25(2,3)21-14-18(19)17(24-28(10,11)12)16(23-27(7,8)9)15(13-20-18)22-26(4,5)6/h15-17,19H,13-14H2,1-12H3/t15-,16+,17?,18-/m1/s1. The summed E-state index contributed by atoms with van der Waals surface area (Å²) in [4.78, 5) is 0. The van der Waals surface area contributed by atoms with Crippen LogP contribution in [0, 0.1) is 0 Å². The SMILES string of the molecule is C[Si](C)(C)OC[C@@]1(O)OC[C@@H](O[Si](C)(C)C)[C@H](O[Si](C)(C)C)C1O[Si](C)(C)C. The Morgan fingerprint density at radius 1 is 0.750 bits per heavy atom. The molecule has 0 aliphatic carbocycles. The molecule has 1 heterocycles. The van der Waals surface area contributed by atoms with Crippen molar-refractivity contribution in [1.82, 2.24) is 0 Å². The molecule has 1 aliphatic heterocycles.